The number of nitrogens with two attached hydrogens (primary N) is 2. The molecule has 3 aromatic heterocycles. The van der Waals surface area contributed by atoms with Crippen LogP contribution in [0.2, 0.25) is 0 Å². The third kappa shape index (κ3) is 4.73. The maximum atomic E-state index is 14.3. The minimum Gasteiger partial charge on any atom is -0.383 e. The lowest BCUT2D eigenvalue weighted by molar-refractivity contribution is -0.138. The zero-order chi connectivity index (χ0) is 28.1. The van der Waals surface area contributed by atoms with Crippen molar-refractivity contribution in [2.24, 2.45) is 0 Å². The molecule has 1 atom stereocenters. The molecule has 0 spiro atoms. The van der Waals surface area contributed by atoms with E-state index in [1.165, 1.54) is 29.8 Å². The van der Waals surface area contributed by atoms with Gasteiger partial charge in [0, 0.05) is 24.0 Å². The molecule has 200 valence electrons. The SMILES string of the molecule is Cc1c(C(C)c2c(N)nc(-n3nc(Cc4ccccc4F)c4ncc(F)cc43)nc2N)cccc1C(F)(F)F. The second kappa shape index (κ2) is 9.61. The Labute approximate surface area is 219 Å². The molecule has 7 nitrogen and oxygen atoms in total. The first-order valence-corrected chi connectivity index (χ1v) is 11.8. The molecule has 0 bridgehead atoms. The van der Waals surface area contributed by atoms with Crippen molar-refractivity contribution in [3.8, 4) is 5.95 Å². The Morgan fingerprint density at radius 3 is 2.33 bits per heavy atom. The summed E-state index contributed by atoms with van der Waals surface area (Å²) in [5.41, 5.74) is 13.6. The fourth-order valence-corrected chi connectivity index (χ4v) is 4.74. The summed E-state index contributed by atoms with van der Waals surface area (Å²) in [6, 6.07) is 11.2. The number of rotatable bonds is 5. The average Bonchev–Trinajstić information content (AvgIpc) is 3.21. The average molecular weight is 540 g/mol. The van der Waals surface area contributed by atoms with Crippen LogP contribution in [0.15, 0.2) is 54.7 Å². The molecule has 3 heterocycles. The predicted octanol–water partition coefficient (Wildman–Crippen LogP) is 5.72. The third-order valence-electron chi connectivity index (χ3n) is 6.64. The van der Waals surface area contributed by atoms with Gasteiger partial charge < -0.3 is 11.5 Å². The highest BCUT2D eigenvalue weighted by atomic mass is 19.4. The van der Waals surface area contributed by atoms with Crippen molar-refractivity contribution in [1.29, 1.82) is 0 Å². The molecular weight excluding hydrogens is 517 g/mol. The maximum Gasteiger partial charge on any atom is 0.416 e. The molecule has 4 N–H and O–H groups in total. The molecule has 1 unspecified atom stereocenters. The van der Waals surface area contributed by atoms with E-state index in [2.05, 4.69) is 20.1 Å². The van der Waals surface area contributed by atoms with E-state index in [9.17, 15) is 22.0 Å². The molecule has 0 radical (unpaired) electrons. The zero-order valence-corrected chi connectivity index (χ0v) is 20.8. The van der Waals surface area contributed by atoms with Crippen LogP contribution in [0.25, 0.3) is 17.0 Å². The Bertz CT molecular complexity index is 1690. The smallest absolute Gasteiger partial charge is 0.383 e. The molecule has 5 aromatic rings. The van der Waals surface area contributed by atoms with Crippen molar-refractivity contribution >= 4 is 22.7 Å². The molecular formula is C27H22F5N7. The summed E-state index contributed by atoms with van der Waals surface area (Å²) >= 11 is 0. The van der Waals surface area contributed by atoms with Crippen molar-refractivity contribution in [3.63, 3.8) is 0 Å². The highest BCUT2D eigenvalue weighted by Crippen LogP contribution is 2.39. The minimum atomic E-state index is -4.53. The second-order valence-corrected chi connectivity index (χ2v) is 9.09. The van der Waals surface area contributed by atoms with Gasteiger partial charge in [-0.15, -0.1) is 0 Å². The topological polar surface area (TPSA) is 109 Å². The highest BCUT2D eigenvalue weighted by molar-refractivity contribution is 5.79. The van der Waals surface area contributed by atoms with Crippen LogP contribution in [0.1, 0.15) is 46.4 Å². The summed E-state index contributed by atoms with van der Waals surface area (Å²) in [5.74, 6) is -2.01. The van der Waals surface area contributed by atoms with Gasteiger partial charge in [0.15, 0.2) is 0 Å². The standard InChI is InChI=1S/C27H22F5N7/c1-13-17(7-5-8-18(13)27(30,31)32)14(2)22-24(33)36-26(37-25(22)34)39-21-11-16(28)12-35-23(21)20(38-39)10-15-6-3-4-9-19(15)29/h3-9,11-12,14H,10H2,1-2H3,(H4,33,34,36,37). The third-order valence-corrected chi connectivity index (χ3v) is 6.64. The lowest BCUT2D eigenvalue weighted by atomic mass is 9.88. The van der Waals surface area contributed by atoms with E-state index in [0.717, 1.165) is 12.3 Å². The number of aromatic nitrogens is 5. The lowest BCUT2D eigenvalue weighted by Crippen LogP contribution is -2.15. The first-order chi connectivity index (χ1) is 18.5. The number of anilines is 2. The summed E-state index contributed by atoms with van der Waals surface area (Å²) in [7, 11) is 0. The van der Waals surface area contributed by atoms with E-state index >= 15 is 0 Å². The van der Waals surface area contributed by atoms with E-state index < -0.39 is 29.3 Å². The summed E-state index contributed by atoms with van der Waals surface area (Å²) in [6.07, 6.45) is -3.45. The summed E-state index contributed by atoms with van der Waals surface area (Å²) in [6.45, 7) is 3.04. The van der Waals surface area contributed by atoms with Crippen LogP contribution >= 0.6 is 0 Å². The first kappa shape index (κ1) is 26.0. The van der Waals surface area contributed by atoms with Crippen LogP contribution in [0, 0.1) is 18.6 Å². The summed E-state index contributed by atoms with van der Waals surface area (Å²) < 4.78 is 70.1. The van der Waals surface area contributed by atoms with Gasteiger partial charge in [-0.2, -0.15) is 32.9 Å². The Hall–Kier alpha value is -4.61. The van der Waals surface area contributed by atoms with Crippen molar-refractivity contribution in [2.45, 2.75) is 32.4 Å². The normalized spacial score (nSPS) is 12.7. The molecule has 39 heavy (non-hydrogen) atoms. The molecule has 12 heteroatoms. The molecule has 0 amide bonds. The maximum absolute atomic E-state index is 14.3. The molecule has 0 aliphatic carbocycles. The predicted molar refractivity (Wildman–Crippen MR) is 136 cm³/mol. The Morgan fingerprint density at radius 2 is 1.67 bits per heavy atom. The number of hydrogen-bond donors (Lipinski definition) is 2. The van der Waals surface area contributed by atoms with Crippen molar-refractivity contribution in [1.82, 2.24) is 24.7 Å². The fraction of sp³-hybridized carbons (Fsp3) is 0.185. The second-order valence-electron chi connectivity index (χ2n) is 9.09. The number of nitrogen functional groups attached to an aromatic ring is 2. The molecule has 0 saturated carbocycles. The minimum absolute atomic E-state index is 0.0396. The Morgan fingerprint density at radius 1 is 0.974 bits per heavy atom. The van der Waals surface area contributed by atoms with Gasteiger partial charge in [0.2, 0.25) is 0 Å². The molecule has 0 aliphatic rings. The van der Waals surface area contributed by atoms with Crippen molar-refractivity contribution in [3.05, 3.63) is 99.9 Å². The van der Waals surface area contributed by atoms with Gasteiger partial charge >= 0.3 is 6.18 Å². The summed E-state index contributed by atoms with van der Waals surface area (Å²) in [5, 5.41) is 4.46. The van der Waals surface area contributed by atoms with Gasteiger partial charge in [0.05, 0.1) is 23.0 Å². The van der Waals surface area contributed by atoms with Gasteiger partial charge in [0.25, 0.3) is 5.95 Å². The van der Waals surface area contributed by atoms with E-state index in [4.69, 9.17) is 11.5 Å². The fourth-order valence-electron chi connectivity index (χ4n) is 4.74. The lowest BCUT2D eigenvalue weighted by Gasteiger charge is -2.21. The van der Waals surface area contributed by atoms with Crippen molar-refractivity contribution in [2.75, 3.05) is 11.5 Å². The number of halogens is 5. The molecule has 0 aliphatic heterocycles. The summed E-state index contributed by atoms with van der Waals surface area (Å²) in [4.78, 5) is 12.7. The number of nitrogens with zero attached hydrogens (tertiary/aromatic N) is 5. The number of benzene rings is 2. The zero-order valence-electron chi connectivity index (χ0n) is 20.8. The number of fused-ring (bicyclic) bond motifs is 1. The van der Waals surface area contributed by atoms with E-state index in [0.29, 0.717) is 22.3 Å². The molecule has 0 fully saturated rings. The van der Waals surface area contributed by atoms with Gasteiger partial charge in [-0.1, -0.05) is 37.3 Å². The van der Waals surface area contributed by atoms with Gasteiger partial charge in [-0.3, -0.25) is 0 Å². The number of alkyl halides is 3. The highest BCUT2D eigenvalue weighted by Gasteiger charge is 2.34. The van der Waals surface area contributed by atoms with Crippen LogP contribution in [-0.4, -0.2) is 24.7 Å². The largest absolute Gasteiger partial charge is 0.416 e. The van der Waals surface area contributed by atoms with Crippen molar-refractivity contribution < 1.29 is 22.0 Å². The van der Waals surface area contributed by atoms with Crippen LogP contribution in [0.3, 0.4) is 0 Å². The first-order valence-electron chi connectivity index (χ1n) is 11.8. The van der Waals surface area contributed by atoms with E-state index in [1.54, 1.807) is 31.2 Å². The number of pyridine rings is 1. The number of hydrogen-bond acceptors (Lipinski definition) is 6. The Kier molecular flexibility index (Phi) is 6.41. The van der Waals surface area contributed by atoms with Crippen LogP contribution in [0.5, 0.6) is 0 Å². The van der Waals surface area contributed by atoms with Gasteiger partial charge in [-0.25, -0.2) is 13.8 Å². The molecule has 2 aromatic carbocycles. The van der Waals surface area contributed by atoms with Crippen LogP contribution < -0.4 is 11.5 Å². The van der Waals surface area contributed by atoms with Crippen LogP contribution in [-0.2, 0) is 12.6 Å². The quantitative estimate of drug-likeness (QED) is 0.277. The molecule has 5 rings (SSSR count). The van der Waals surface area contributed by atoms with Gasteiger partial charge in [0.1, 0.15) is 28.8 Å². The van der Waals surface area contributed by atoms with E-state index in [-0.39, 0.29) is 40.6 Å². The molecule has 0 saturated heterocycles. The van der Waals surface area contributed by atoms with Gasteiger partial charge in [-0.05, 0) is 35.7 Å². The van der Waals surface area contributed by atoms with E-state index in [1.807, 2.05) is 0 Å². The van der Waals surface area contributed by atoms with Crippen LogP contribution in [0.4, 0.5) is 33.6 Å². The monoisotopic (exact) mass is 539 g/mol. The Balaban J connectivity index is 1.60.